The Kier molecular flexibility index (Phi) is 6.02. The predicted octanol–water partition coefficient (Wildman–Crippen LogP) is 2.93. The first-order chi connectivity index (χ1) is 9.78. The largest absolute Gasteiger partial charge is 0.383 e. The summed E-state index contributed by atoms with van der Waals surface area (Å²) >= 11 is 0. The summed E-state index contributed by atoms with van der Waals surface area (Å²) in [6, 6.07) is 7.59. The smallest absolute Gasteiger partial charge is 0.0589 e. The third-order valence-electron chi connectivity index (χ3n) is 4.33. The number of ether oxygens (including phenoxy) is 1. The van der Waals surface area contributed by atoms with Gasteiger partial charge in [0.05, 0.1) is 6.61 Å². The maximum atomic E-state index is 5.27. The number of nitrogens with zero attached hydrogens (tertiary/aromatic N) is 1. The van der Waals surface area contributed by atoms with E-state index in [-0.39, 0.29) is 0 Å². The van der Waals surface area contributed by atoms with Gasteiger partial charge in [-0.2, -0.15) is 0 Å². The van der Waals surface area contributed by atoms with Crippen LogP contribution in [0.5, 0.6) is 0 Å². The van der Waals surface area contributed by atoms with Crippen molar-refractivity contribution in [2.75, 3.05) is 20.3 Å². The standard InChI is InChI=1S/C17H28N2O/c1-4-17(5-2)19(8-9-20-3)13-14-6-7-15-11-18-12-16(15)10-14/h6-7,10,17-18H,4-5,8-9,11-13H2,1-3H3. The molecule has 2 rings (SSSR count). The molecule has 0 fully saturated rings. The van der Waals surface area contributed by atoms with Crippen LogP contribution in [0.3, 0.4) is 0 Å². The van der Waals surface area contributed by atoms with Crippen molar-refractivity contribution < 1.29 is 4.74 Å². The monoisotopic (exact) mass is 276 g/mol. The molecule has 1 N–H and O–H groups in total. The van der Waals surface area contributed by atoms with Crippen molar-refractivity contribution in [3.63, 3.8) is 0 Å². The second-order valence-electron chi connectivity index (χ2n) is 5.64. The van der Waals surface area contributed by atoms with Crippen LogP contribution >= 0.6 is 0 Å². The van der Waals surface area contributed by atoms with Crippen LogP contribution in [0.2, 0.25) is 0 Å². The number of fused-ring (bicyclic) bond motifs is 1. The highest BCUT2D eigenvalue weighted by Crippen LogP contribution is 2.20. The summed E-state index contributed by atoms with van der Waals surface area (Å²) in [4.78, 5) is 2.56. The molecule has 0 atom stereocenters. The molecule has 112 valence electrons. The van der Waals surface area contributed by atoms with E-state index in [1.165, 1.54) is 29.5 Å². The SMILES string of the molecule is CCC(CC)N(CCOC)Cc1ccc2c(c1)CNC2. The molecule has 0 aromatic heterocycles. The third-order valence-corrected chi connectivity index (χ3v) is 4.33. The summed E-state index contributed by atoms with van der Waals surface area (Å²) in [5, 5.41) is 3.41. The first-order valence-corrected chi connectivity index (χ1v) is 7.82. The average Bonchev–Trinajstić information content (AvgIpc) is 2.93. The minimum absolute atomic E-state index is 0.650. The molecule has 0 amide bonds. The van der Waals surface area contributed by atoms with Crippen molar-refractivity contribution in [2.24, 2.45) is 0 Å². The summed E-state index contributed by atoms with van der Waals surface area (Å²) in [6.07, 6.45) is 2.40. The van der Waals surface area contributed by atoms with E-state index in [0.717, 1.165) is 32.8 Å². The van der Waals surface area contributed by atoms with E-state index in [4.69, 9.17) is 4.74 Å². The fourth-order valence-corrected chi connectivity index (χ4v) is 3.09. The summed E-state index contributed by atoms with van der Waals surface area (Å²) in [5.74, 6) is 0. The fraction of sp³-hybridized carbons (Fsp3) is 0.647. The molecular weight excluding hydrogens is 248 g/mol. The molecule has 3 heteroatoms. The van der Waals surface area contributed by atoms with Crippen LogP contribution in [0.15, 0.2) is 18.2 Å². The topological polar surface area (TPSA) is 24.5 Å². The molecule has 1 aliphatic rings. The number of methoxy groups -OCH3 is 1. The quantitative estimate of drug-likeness (QED) is 0.790. The highest BCUT2D eigenvalue weighted by Gasteiger charge is 2.16. The van der Waals surface area contributed by atoms with Crippen molar-refractivity contribution in [1.82, 2.24) is 10.2 Å². The Morgan fingerprint density at radius 3 is 2.65 bits per heavy atom. The van der Waals surface area contributed by atoms with E-state index in [1.54, 1.807) is 7.11 Å². The van der Waals surface area contributed by atoms with Gasteiger partial charge in [-0.3, -0.25) is 4.90 Å². The van der Waals surface area contributed by atoms with Gasteiger partial charge >= 0.3 is 0 Å². The zero-order chi connectivity index (χ0) is 14.4. The van der Waals surface area contributed by atoms with Crippen molar-refractivity contribution >= 4 is 0 Å². The molecule has 0 unspecified atom stereocenters. The van der Waals surface area contributed by atoms with Crippen LogP contribution in [0.4, 0.5) is 0 Å². The van der Waals surface area contributed by atoms with Gasteiger partial charge in [0.15, 0.2) is 0 Å². The first kappa shape index (κ1) is 15.5. The highest BCUT2D eigenvalue weighted by atomic mass is 16.5. The molecule has 3 nitrogen and oxygen atoms in total. The van der Waals surface area contributed by atoms with Crippen molar-refractivity contribution in [3.05, 3.63) is 34.9 Å². The lowest BCUT2D eigenvalue weighted by Crippen LogP contribution is -2.36. The number of benzene rings is 1. The Hall–Kier alpha value is -0.900. The number of nitrogens with one attached hydrogen (secondary N) is 1. The molecule has 1 aromatic carbocycles. The van der Waals surface area contributed by atoms with Crippen LogP contribution in [0, 0.1) is 0 Å². The third kappa shape index (κ3) is 3.81. The Labute approximate surface area is 123 Å². The molecule has 0 bridgehead atoms. The summed E-state index contributed by atoms with van der Waals surface area (Å²) in [6.45, 7) is 9.45. The molecule has 0 aliphatic carbocycles. The Morgan fingerprint density at radius 1 is 1.20 bits per heavy atom. The van der Waals surface area contributed by atoms with Crippen LogP contribution < -0.4 is 5.32 Å². The van der Waals surface area contributed by atoms with Crippen LogP contribution in [-0.4, -0.2) is 31.2 Å². The number of hydrogen-bond acceptors (Lipinski definition) is 3. The lowest BCUT2D eigenvalue weighted by Gasteiger charge is -2.30. The fourth-order valence-electron chi connectivity index (χ4n) is 3.09. The molecule has 0 saturated heterocycles. The second-order valence-corrected chi connectivity index (χ2v) is 5.64. The van der Waals surface area contributed by atoms with Gasteiger partial charge in [-0.25, -0.2) is 0 Å². The molecule has 1 aliphatic heterocycles. The van der Waals surface area contributed by atoms with E-state index >= 15 is 0 Å². The van der Waals surface area contributed by atoms with Gasteiger partial charge in [0.1, 0.15) is 0 Å². The van der Waals surface area contributed by atoms with Gasteiger partial charge < -0.3 is 10.1 Å². The Bertz CT molecular complexity index is 415. The summed E-state index contributed by atoms with van der Waals surface area (Å²) in [5.41, 5.74) is 4.36. The predicted molar refractivity (Wildman–Crippen MR) is 83.6 cm³/mol. The zero-order valence-corrected chi connectivity index (χ0v) is 13.1. The van der Waals surface area contributed by atoms with Gasteiger partial charge in [0.2, 0.25) is 0 Å². The number of hydrogen-bond donors (Lipinski definition) is 1. The Morgan fingerprint density at radius 2 is 1.95 bits per heavy atom. The Balaban J connectivity index is 2.06. The molecular formula is C17H28N2O. The first-order valence-electron chi connectivity index (χ1n) is 7.82. The van der Waals surface area contributed by atoms with Crippen molar-refractivity contribution in [3.8, 4) is 0 Å². The second kappa shape index (κ2) is 7.77. The summed E-state index contributed by atoms with van der Waals surface area (Å²) < 4.78 is 5.27. The molecule has 20 heavy (non-hydrogen) atoms. The van der Waals surface area contributed by atoms with Gasteiger partial charge in [0, 0.05) is 39.3 Å². The van der Waals surface area contributed by atoms with Crippen LogP contribution in [-0.2, 0) is 24.4 Å². The maximum Gasteiger partial charge on any atom is 0.0589 e. The minimum atomic E-state index is 0.650. The molecule has 0 spiro atoms. The van der Waals surface area contributed by atoms with Crippen molar-refractivity contribution in [2.45, 2.75) is 52.4 Å². The normalized spacial score (nSPS) is 14.2. The zero-order valence-electron chi connectivity index (χ0n) is 13.1. The lowest BCUT2D eigenvalue weighted by molar-refractivity contribution is 0.110. The molecule has 0 saturated carbocycles. The minimum Gasteiger partial charge on any atom is -0.383 e. The van der Waals surface area contributed by atoms with E-state index in [9.17, 15) is 0 Å². The van der Waals surface area contributed by atoms with Gasteiger partial charge in [-0.05, 0) is 29.5 Å². The van der Waals surface area contributed by atoms with E-state index < -0.39 is 0 Å². The average molecular weight is 276 g/mol. The highest BCUT2D eigenvalue weighted by molar-refractivity contribution is 5.34. The van der Waals surface area contributed by atoms with Crippen LogP contribution in [0.1, 0.15) is 43.4 Å². The maximum absolute atomic E-state index is 5.27. The van der Waals surface area contributed by atoms with E-state index in [2.05, 4.69) is 42.3 Å². The number of rotatable bonds is 8. The molecule has 1 heterocycles. The van der Waals surface area contributed by atoms with Crippen molar-refractivity contribution in [1.29, 1.82) is 0 Å². The molecule has 1 aromatic rings. The van der Waals surface area contributed by atoms with E-state index in [0.29, 0.717) is 6.04 Å². The van der Waals surface area contributed by atoms with Gasteiger partial charge in [-0.1, -0.05) is 32.0 Å². The lowest BCUT2D eigenvalue weighted by atomic mass is 10.0. The van der Waals surface area contributed by atoms with E-state index in [1.807, 2.05) is 0 Å². The molecule has 0 radical (unpaired) electrons. The van der Waals surface area contributed by atoms with Gasteiger partial charge in [0.25, 0.3) is 0 Å². The summed E-state index contributed by atoms with van der Waals surface area (Å²) in [7, 11) is 1.78. The van der Waals surface area contributed by atoms with Crippen LogP contribution in [0.25, 0.3) is 0 Å². The van der Waals surface area contributed by atoms with Gasteiger partial charge in [-0.15, -0.1) is 0 Å².